The molecule has 11 heteroatoms. The summed E-state index contributed by atoms with van der Waals surface area (Å²) in [6.45, 7) is 0. The zero-order valence-electron chi connectivity index (χ0n) is 14.9. The predicted molar refractivity (Wildman–Crippen MR) is 113 cm³/mol. The minimum Gasteiger partial charge on any atom is -0.465 e. The van der Waals surface area contributed by atoms with Gasteiger partial charge in [-0.2, -0.15) is 0 Å². The minimum absolute atomic E-state index is 0.0310. The Morgan fingerprint density at radius 2 is 1.87 bits per heavy atom. The lowest BCUT2D eigenvalue weighted by Crippen LogP contribution is -2.09. The number of carbonyl (C=O) groups is 1. The van der Waals surface area contributed by atoms with E-state index in [9.17, 15) is 20.0 Å². The summed E-state index contributed by atoms with van der Waals surface area (Å²) >= 11 is 12.7. The molecular weight excluding hydrogens is 433 g/mol. The third-order valence-electron chi connectivity index (χ3n) is 4.35. The maximum atomic E-state index is 11.3. The van der Waals surface area contributed by atoms with Gasteiger partial charge in [-0.05, 0) is 23.8 Å². The number of amides is 1. The molecule has 1 amide bonds. The van der Waals surface area contributed by atoms with Gasteiger partial charge in [0.2, 0.25) is 0 Å². The average Bonchev–Trinajstić information content (AvgIpc) is 3.01. The number of rotatable bonds is 4. The van der Waals surface area contributed by atoms with Crippen LogP contribution < -0.4 is 5.32 Å². The monoisotopic (exact) mass is 443 g/mol. The summed E-state index contributed by atoms with van der Waals surface area (Å²) in [6.07, 6.45) is -0.125. The number of nitro groups is 1. The van der Waals surface area contributed by atoms with Crippen LogP contribution in [-0.4, -0.2) is 30.7 Å². The van der Waals surface area contributed by atoms with Crippen LogP contribution in [0.1, 0.15) is 0 Å². The molecule has 0 saturated carbocycles. The van der Waals surface area contributed by atoms with E-state index in [1.807, 2.05) is 0 Å². The quantitative estimate of drug-likeness (QED) is 0.321. The van der Waals surface area contributed by atoms with Crippen molar-refractivity contribution in [3.8, 4) is 16.8 Å². The third kappa shape index (κ3) is 3.40. The highest BCUT2D eigenvalue weighted by Gasteiger charge is 2.24. The van der Waals surface area contributed by atoms with E-state index in [-0.39, 0.29) is 22.3 Å². The van der Waals surface area contributed by atoms with Crippen molar-refractivity contribution in [3.05, 3.63) is 75.1 Å². The highest BCUT2D eigenvalue weighted by atomic mass is 35.5. The molecule has 4 aromatic rings. The number of benzene rings is 2. The first-order valence-corrected chi connectivity index (χ1v) is 9.18. The number of hydrogen-bond acceptors (Lipinski definition) is 5. The van der Waals surface area contributed by atoms with E-state index in [0.29, 0.717) is 27.2 Å². The van der Waals surface area contributed by atoms with Crippen molar-refractivity contribution in [1.82, 2.24) is 14.5 Å². The Hall–Kier alpha value is -3.69. The van der Waals surface area contributed by atoms with Gasteiger partial charge in [0.15, 0.2) is 5.65 Å². The number of nitrogens with zero attached hydrogens (tertiary/aromatic N) is 4. The van der Waals surface area contributed by atoms with Gasteiger partial charge in [-0.25, -0.2) is 14.8 Å². The van der Waals surface area contributed by atoms with Crippen molar-refractivity contribution in [2.45, 2.75) is 0 Å². The fraction of sp³-hybridized carbons (Fsp3) is 0. The van der Waals surface area contributed by atoms with Gasteiger partial charge in [0.25, 0.3) is 5.69 Å². The van der Waals surface area contributed by atoms with E-state index in [4.69, 9.17) is 23.2 Å². The molecule has 0 atom stereocenters. The lowest BCUT2D eigenvalue weighted by Gasteiger charge is -2.07. The number of fused-ring (bicyclic) bond motifs is 1. The lowest BCUT2D eigenvalue weighted by atomic mass is 10.1. The SMILES string of the molecule is O=C(O)Nc1ncnc2c1c(-c1ccc(Cl)cc1)c(Cl)n2-c1cccc([N+](=O)[O-])c1. The van der Waals surface area contributed by atoms with Crippen molar-refractivity contribution in [2.24, 2.45) is 0 Å². The van der Waals surface area contributed by atoms with Crippen LogP contribution in [0.3, 0.4) is 0 Å². The number of hydrogen-bond donors (Lipinski definition) is 2. The molecule has 4 rings (SSSR count). The molecule has 2 N–H and O–H groups in total. The van der Waals surface area contributed by atoms with Crippen molar-refractivity contribution in [1.29, 1.82) is 0 Å². The van der Waals surface area contributed by atoms with Gasteiger partial charge >= 0.3 is 6.09 Å². The second kappa shape index (κ2) is 7.62. The van der Waals surface area contributed by atoms with Crippen molar-refractivity contribution in [2.75, 3.05) is 5.32 Å². The first-order chi connectivity index (χ1) is 14.4. The Morgan fingerprint density at radius 3 is 2.53 bits per heavy atom. The van der Waals surface area contributed by atoms with Gasteiger partial charge in [-0.3, -0.25) is 20.0 Å². The summed E-state index contributed by atoms with van der Waals surface area (Å²) in [5.74, 6) is 0.0310. The number of aromatic nitrogens is 3. The van der Waals surface area contributed by atoms with Gasteiger partial charge in [0, 0.05) is 22.7 Å². The first-order valence-electron chi connectivity index (χ1n) is 8.42. The molecule has 0 fully saturated rings. The molecule has 2 heterocycles. The molecule has 0 radical (unpaired) electrons. The topological polar surface area (TPSA) is 123 Å². The molecule has 0 unspecified atom stereocenters. The summed E-state index contributed by atoms with van der Waals surface area (Å²) in [6, 6.07) is 12.6. The second-order valence-corrected chi connectivity index (χ2v) is 6.93. The number of nitro benzene ring substituents is 1. The molecule has 150 valence electrons. The molecule has 0 aliphatic rings. The minimum atomic E-state index is -1.31. The lowest BCUT2D eigenvalue weighted by molar-refractivity contribution is -0.384. The van der Waals surface area contributed by atoms with Crippen LogP contribution in [0.4, 0.5) is 16.3 Å². The van der Waals surface area contributed by atoms with Gasteiger partial charge in [0.05, 0.1) is 16.0 Å². The number of carboxylic acid groups (broad SMARTS) is 1. The Labute approximate surface area is 178 Å². The molecule has 0 bridgehead atoms. The van der Waals surface area contributed by atoms with Gasteiger partial charge in [-0.1, -0.05) is 41.4 Å². The zero-order chi connectivity index (χ0) is 21.4. The molecular formula is C19H11Cl2N5O4. The molecule has 2 aromatic carbocycles. The van der Waals surface area contributed by atoms with Gasteiger partial charge in [-0.15, -0.1) is 0 Å². The molecule has 9 nitrogen and oxygen atoms in total. The Morgan fingerprint density at radius 1 is 1.13 bits per heavy atom. The molecule has 0 saturated heterocycles. The van der Waals surface area contributed by atoms with E-state index in [1.54, 1.807) is 30.3 Å². The van der Waals surface area contributed by atoms with E-state index in [2.05, 4.69) is 15.3 Å². The standard InChI is InChI=1S/C19H11Cl2N5O4/c20-11-6-4-10(5-7-11)14-15-17(24-19(27)28)22-9-23-18(15)25(16(14)21)12-2-1-3-13(8-12)26(29)30/h1-9H,(H,27,28)(H,22,23,24). The maximum absolute atomic E-state index is 11.3. The van der Waals surface area contributed by atoms with Crippen molar-refractivity contribution >= 4 is 51.8 Å². The molecule has 2 aromatic heterocycles. The van der Waals surface area contributed by atoms with Crippen LogP contribution in [0.2, 0.25) is 10.2 Å². The number of halogens is 2. The molecule has 30 heavy (non-hydrogen) atoms. The average molecular weight is 444 g/mol. The molecule has 0 aliphatic carbocycles. The van der Waals surface area contributed by atoms with Crippen LogP contribution in [-0.2, 0) is 0 Å². The van der Waals surface area contributed by atoms with E-state index < -0.39 is 11.0 Å². The van der Waals surface area contributed by atoms with Crippen molar-refractivity contribution < 1.29 is 14.8 Å². The van der Waals surface area contributed by atoms with Crippen LogP contribution in [0, 0.1) is 10.1 Å². The van der Waals surface area contributed by atoms with Gasteiger partial charge in [0.1, 0.15) is 17.3 Å². The van der Waals surface area contributed by atoms with E-state index in [0.717, 1.165) is 0 Å². The summed E-state index contributed by atoms with van der Waals surface area (Å²) in [4.78, 5) is 30.3. The van der Waals surface area contributed by atoms with Crippen LogP contribution in [0.15, 0.2) is 54.9 Å². The fourth-order valence-corrected chi connectivity index (χ4v) is 3.65. The maximum Gasteiger partial charge on any atom is 0.410 e. The Kier molecular flexibility index (Phi) is 4.98. The highest BCUT2D eigenvalue weighted by Crippen LogP contribution is 2.42. The normalized spacial score (nSPS) is 10.9. The zero-order valence-corrected chi connectivity index (χ0v) is 16.4. The van der Waals surface area contributed by atoms with Crippen LogP contribution >= 0.6 is 23.2 Å². The summed E-state index contributed by atoms with van der Waals surface area (Å²) in [5.41, 5.74) is 1.64. The Bertz CT molecular complexity index is 1300. The summed E-state index contributed by atoms with van der Waals surface area (Å²) < 4.78 is 1.50. The van der Waals surface area contributed by atoms with Crippen molar-refractivity contribution in [3.63, 3.8) is 0 Å². The highest BCUT2D eigenvalue weighted by molar-refractivity contribution is 6.36. The first kappa shape index (κ1) is 19.6. The number of non-ortho nitro benzene ring substituents is 1. The summed E-state index contributed by atoms with van der Waals surface area (Å²) in [5, 5.41) is 23.7. The van der Waals surface area contributed by atoms with Gasteiger partial charge < -0.3 is 5.11 Å². The summed E-state index contributed by atoms with van der Waals surface area (Å²) in [7, 11) is 0. The van der Waals surface area contributed by atoms with E-state index >= 15 is 0 Å². The molecule has 0 aliphatic heterocycles. The fourth-order valence-electron chi connectivity index (χ4n) is 3.14. The van der Waals surface area contributed by atoms with Crippen LogP contribution in [0.25, 0.3) is 27.8 Å². The largest absolute Gasteiger partial charge is 0.465 e. The van der Waals surface area contributed by atoms with E-state index in [1.165, 1.54) is 29.1 Å². The Balaban J connectivity index is 2.08. The molecule has 0 spiro atoms. The number of nitrogens with one attached hydrogen (secondary N) is 1. The smallest absolute Gasteiger partial charge is 0.410 e. The van der Waals surface area contributed by atoms with Crippen LogP contribution in [0.5, 0.6) is 0 Å². The third-order valence-corrected chi connectivity index (χ3v) is 4.96. The second-order valence-electron chi connectivity index (χ2n) is 6.14. The predicted octanol–water partition coefficient (Wildman–Crippen LogP) is 5.39. The number of anilines is 1.